The van der Waals surface area contributed by atoms with Crippen LogP contribution in [0.1, 0.15) is 36.7 Å². The zero-order valence-corrected chi connectivity index (χ0v) is 14.6. The van der Waals surface area contributed by atoms with Crippen LogP contribution in [-0.4, -0.2) is 23.4 Å². The summed E-state index contributed by atoms with van der Waals surface area (Å²) in [5, 5.41) is 7.96. The van der Waals surface area contributed by atoms with Crippen molar-refractivity contribution in [3.8, 4) is 5.75 Å². The Morgan fingerprint density at radius 3 is 2.67 bits per heavy atom. The zero-order valence-electron chi connectivity index (χ0n) is 13.0. The molecule has 1 N–H and O–H groups in total. The molecule has 0 aliphatic heterocycles. The van der Waals surface area contributed by atoms with Crippen LogP contribution in [-0.2, 0) is 6.54 Å². The maximum atomic E-state index is 5.50. The quantitative estimate of drug-likeness (QED) is 0.862. The summed E-state index contributed by atoms with van der Waals surface area (Å²) >= 11 is 3.59. The summed E-state index contributed by atoms with van der Waals surface area (Å²) in [5.74, 6) is 0.820. The molecule has 1 unspecified atom stereocenters. The minimum absolute atomic E-state index is 0.0589. The SMILES string of the molecule is CCNC(c1cc(C)cc(Br)c1)c1c(OC)cnn1CC. The lowest BCUT2D eigenvalue weighted by Crippen LogP contribution is -2.25. The molecule has 1 atom stereocenters. The third-order valence-electron chi connectivity index (χ3n) is 3.44. The molecular weight excluding hydrogens is 330 g/mol. The van der Waals surface area contributed by atoms with Crippen LogP contribution < -0.4 is 10.1 Å². The van der Waals surface area contributed by atoms with Crippen LogP contribution in [0.3, 0.4) is 0 Å². The van der Waals surface area contributed by atoms with Crippen molar-refractivity contribution >= 4 is 15.9 Å². The summed E-state index contributed by atoms with van der Waals surface area (Å²) in [6, 6.07) is 6.52. The average Bonchev–Trinajstić information content (AvgIpc) is 2.86. The first-order chi connectivity index (χ1) is 10.1. The molecule has 5 heteroatoms. The van der Waals surface area contributed by atoms with Crippen LogP contribution in [0, 0.1) is 6.92 Å². The fourth-order valence-electron chi connectivity index (χ4n) is 2.59. The molecule has 0 bridgehead atoms. The molecule has 0 saturated carbocycles. The highest BCUT2D eigenvalue weighted by molar-refractivity contribution is 9.10. The summed E-state index contributed by atoms with van der Waals surface area (Å²) in [4.78, 5) is 0. The van der Waals surface area contributed by atoms with Crippen LogP contribution in [0.2, 0.25) is 0 Å². The van der Waals surface area contributed by atoms with Gasteiger partial charge in [-0.2, -0.15) is 5.10 Å². The number of ether oxygens (including phenoxy) is 1. The Labute approximate surface area is 134 Å². The summed E-state index contributed by atoms with van der Waals surface area (Å²) in [7, 11) is 1.69. The summed E-state index contributed by atoms with van der Waals surface area (Å²) in [6.07, 6.45) is 1.79. The van der Waals surface area contributed by atoms with Crippen LogP contribution in [0.4, 0.5) is 0 Å². The third-order valence-corrected chi connectivity index (χ3v) is 3.90. The highest BCUT2D eigenvalue weighted by atomic mass is 79.9. The second-order valence-corrected chi connectivity index (χ2v) is 5.88. The number of nitrogens with zero attached hydrogens (tertiary/aromatic N) is 2. The summed E-state index contributed by atoms with van der Waals surface area (Å²) in [5.41, 5.74) is 3.50. The van der Waals surface area contributed by atoms with Gasteiger partial charge in [0.25, 0.3) is 0 Å². The molecule has 0 aliphatic carbocycles. The molecular formula is C16H22BrN3O. The number of benzene rings is 1. The molecule has 0 fully saturated rings. The van der Waals surface area contributed by atoms with Crippen molar-refractivity contribution in [1.29, 1.82) is 0 Å². The molecule has 0 spiro atoms. The molecule has 1 heterocycles. The van der Waals surface area contributed by atoms with Gasteiger partial charge >= 0.3 is 0 Å². The lowest BCUT2D eigenvalue weighted by Gasteiger charge is -2.21. The number of hydrogen-bond donors (Lipinski definition) is 1. The number of methoxy groups -OCH3 is 1. The number of nitrogens with one attached hydrogen (secondary N) is 1. The van der Waals surface area contributed by atoms with E-state index in [1.807, 2.05) is 4.68 Å². The summed E-state index contributed by atoms with van der Waals surface area (Å²) < 4.78 is 8.58. The highest BCUT2D eigenvalue weighted by Crippen LogP contribution is 2.31. The van der Waals surface area contributed by atoms with E-state index in [1.165, 1.54) is 11.1 Å². The van der Waals surface area contributed by atoms with E-state index in [4.69, 9.17) is 4.74 Å². The first-order valence-corrected chi connectivity index (χ1v) is 8.00. The predicted octanol–water partition coefficient (Wildman–Crippen LogP) is 3.68. The smallest absolute Gasteiger partial charge is 0.161 e. The Morgan fingerprint density at radius 2 is 2.10 bits per heavy atom. The molecule has 4 nitrogen and oxygen atoms in total. The van der Waals surface area contributed by atoms with Gasteiger partial charge < -0.3 is 10.1 Å². The van der Waals surface area contributed by atoms with Gasteiger partial charge in [-0.05, 0) is 43.7 Å². The lowest BCUT2D eigenvalue weighted by atomic mass is 10.0. The minimum Gasteiger partial charge on any atom is -0.493 e. The number of halogens is 1. The van der Waals surface area contributed by atoms with E-state index >= 15 is 0 Å². The molecule has 0 radical (unpaired) electrons. The van der Waals surface area contributed by atoms with Crippen LogP contribution >= 0.6 is 15.9 Å². The Balaban J connectivity index is 2.55. The van der Waals surface area contributed by atoms with E-state index in [0.29, 0.717) is 0 Å². The van der Waals surface area contributed by atoms with Crippen molar-refractivity contribution in [2.75, 3.05) is 13.7 Å². The van der Waals surface area contributed by atoms with Gasteiger partial charge in [0.15, 0.2) is 5.75 Å². The molecule has 114 valence electrons. The Hall–Kier alpha value is -1.33. The third kappa shape index (κ3) is 3.47. The molecule has 0 aliphatic rings. The number of rotatable bonds is 6. The van der Waals surface area contributed by atoms with E-state index in [-0.39, 0.29) is 6.04 Å². The van der Waals surface area contributed by atoms with Gasteiger partial charge in [0.05, 0.1) is 19.3 Å². The van der Waals surface area contributed by atoms with Crippen LogP contribution in [0.15, 0.2) is 28.9 Å². The lowest BCUT2D eigenvalue weighted by molar-refractivity contribution is 0.399. The van der Waals surface area contributed by atoms with Crippen molar-refractivity contribution in [3.05, 3.63) is 45.7 Å². The second kappa shape index (κ2) is 7.09. The van der Waals surface area contributed by atoms with E-state index in [9.17, 15) is 0 Å². The largest absolute Gasteiger partial charge is 0.493 e. The number of aromatic nitrogens is 2. The zero-order chi connectivity index (χ0) is 15.4. The average molecular weight is 352 g/mol. The van der Waals surface area contributed by atoms with Gasteiger partial charge in [-0.3, -0.25) is 4.68 Å². The first-order valence-electron chi connectivity index (χ1n) is 7.20. The van der Waals surface area contributed by atoms with E-state index < -0.39 is 0 Å². The summed E-state index contributed by atoms with van der Waals surface area (Å²) in [6.45, 7) is 7.98. The molecule has 21 heavy (non-hydrogen) atoms. The second-order valence-electron chi connectivity index (χ2n) is 4.97. The van der Waals surface area contributed by atoms with Crippen molar-refractivity contribution < 1.29 is 4.74 Å². The Morgan fingerprint density at radius 1 is 1.33 bits per heavy atom. The number of aryl methyl sites for hydroxylation is 2. The standard InChI is InChI=1S/C16H22BrN3O/c1-5-18-15(12-7-11(3)8-13(17)9-12)16-14(21-4)10-19-20(16)6-2/h7-10,15,18H,5-6H2,1-4H3. The van der Waals surface area contributed by atoms with Crippen LogP contribution in [0.25, 0.3) is 0 Å². The van der Waals surface area contributed by atoms with E-state index in [1.54, 1.807) is 13.3 Å². The molecule has 0 amide bonds. The molecule has 1 aromatic carbocycles. The van der Waals surface area contributed by atoms with Gasteiger partial charge in [-0.15, -0.1) is 0 Å². The topological polar surface area (TPSA) is 39.1 Å². The Kier molecular flexibility index (Phi) is 5.42. The maximum absolute atomic E-state index is 5.50. The van der Waals surface area contributed by atoms with E-state index in [0.717, 1.165) is 29.0 Å². The molecule has 2 rings (SSSR count). The molecule has 1 aromatic heterocycles. The monoisotopic (exact) mass is 351 g/mol. The molecule has 2 aromatic rings. The van der Waals surface area contributed by atoms with Gasteiger partial charge in [0.1, 0.15) is 5.69 Å². The normalized spacial score (nSPS) is 12.4. The fraction of sp³-hybridized carbons (Fsp3) is 0.438. The van der Waals surface area contributed by atoms with Gasteiger partial charge in [0, 0.05) is 11.0 Å². The van der Waals surface area contributed by atoms with Crippen molar-refractivity contribution in [3.63, 3.8) is 0 Å². The minimum atomic E-state index is 0.0589. The first kappa shape index (κ1) is 16.0. The van der Waals surface area contributed by atoms with Crippen molar-refractivity contribution in [2.45, 2.75) is 33.4 Å². The van der Waals surface area contributed by atoms with Gasteiger partial charge in [0.2, 0.25) is 0 Å². The highest BCUT2D eigenvalue weighted by Gasteiger charge is 2.23. The van der Waals surface area contributed by atoms with Crippen molar-refractivity contribution in [1.82, 2.24) is 15.1 Å². The Bertz CT molecular complexity index is 568. The molecule has 0 saturated heterocycles. The van der Waals surface area contributed by atoms with E-state index in [2.05, 4.69) is 65.3 Å². The number of hydrogen-bond acceptors (Lipinski definition) is 3. The maximum Gasteiger partial charge on any atom is 0.161 e. The fourth-order valence-corrected chi connectivity index (χ4v) is 3.21. The van der Waals surface area contributed by atoms with Gasteiger partial charge in [-0.25, -0.2) is 0 Å². The van der Waals surface area contributed by atoms with Crippen molar-refractivity contribution in [2.24, 2.45) is 0 Å². The van der Waals surface area contributed by atoms with Gasteiger partial charge in [-0.1, -0.05) is 28.9 Å². The van der Waals surface area contributed by atoms with Crippen LogP contribution in [0.5, 0.6) is 5.75 Å². The predicted molar refractivity (Wildman–Crippen MR) is 88.9 cm³/mol.